The van der Waals surface area contributed by atoms with Gasteiger partial charge in [0.25, 0.3) is 11.6 Å². The molecule has 1 amide bonds. The van der Waals surface area contributed by atoms with Crippen molar-refractivity contribution in [2.45, 2.75) is 20.3 Å². The van der Waals surface area contributed by atoms with Crippen molar-refractivity contribution in [2.75, 3.05) is 19.6 Å². The highest BCUT2D eigenvalue weighted by Crippen LogP contribution is 2.19. The lowest BCUT2D eigenvalue weighted by Crippen LogP contribution is -2.32. The van der Waals surface area contributed by atoms with E-state index in [2.05, 4.69) is 17.6 Å². The zero-order chi connectivity index (χ0) is 14.3. The summed E-state index contributed by atoms with van der Waals surface area (Å²) >= 11 is 0. The minimum absolute atomic E-state index is 0.112. The lowest BCUT2D eigenvalue weighted by Gasteiger charge is -2.07. The van der Waals surface area contributed by atoms with Crippen LogP contribution < -0.4 is 10.6 Å². The minimum Gasteiger partial charge on any atom is -0.351 e. The maximum Gasteiger partial charge on any atom is 0.282 e. The van der Waals surface area contributed by atoms with Crippen LogP contribution in [0, 0.1) is 17.0 Å². The SMILES string of the molecule is CCCNCCNC(=O)c1cc(C)ccc1[N+](=O)[O-]. The third-order valence-corrected chi connectivity index (χ3v) is 2.61. The Morgan fingerprint density at radius 2 is 2.05 bits per heavy atom. The molecule has 0 unspecified atom stereocenters. The number of hydrogen-bond acceptors (Lipinski definition) is 4. The van der Waals surface area contributed by atoms with Crippen molar-refractivity contribution < 1.29 is 9.72 Å². The number of carbonyl (C=O) groups excluding carboxylic acids is 1. The zero-order valence-electron chi connectivity index (χ0n) is 11.2. The van der Waals surface area contributed by atoms with E-state index in [9.17, 15) is 14.9 Å². The highest BCUT2D eigenvalue weighted by Gasteiger charge is 2.19. The van der Waals surface area contributed by atoms with E-state index >= 15 is 0 Å². The summed E-state index contributed by atoms with van der Waals surface area (Å²) in [4.78, 5) is 22.2. The van der Waals surface area contributed by atoms with Gasteiger partial charge in [-0.25, -0.2) is 0 Å². The van der Waals surface area contributed by atoms with E-state index in [0.29, 0.717) is 13.1 Å². The summed E-state index contributed by atoms with van der Waals surface area (Å²) in [6, 6.07) is 4.52. The first-order valence-electron chi connectivity index (χ1n) is 6.30. The first-order valence-corrected chi connectivity index (χ1v) is 6.30. The number of aryl methyl sites for hydroxylation is 1. The molecular weight excluding hydrogens is 246 g/mol. The fourth-order valence-corrected chi connectivity index (χ4v) is 1.65. The summed E-state index contributed by atoms with van der Waals surface area (Å²) in [6.45, 7) is 5.84. The van der Waals surface area contributed by atoms with Gasteiger partial charge in [0, 0.05) is 19.2 Å². The van der Waals surface area contributed by atoms with E-state index in [1.54, 1.807) is 13.0 Å². The first kappa shape index (κ1) is 15.1. The van der Waals surface area contributed by atoms with Crippen molar-refractivity contribution in [3.05, 3.63) is 39.4 Å². The van der Waals surface area contributed by atoms with Crippen molar-refractivity contribution >= 4 is 11.6 Å². The Balaban J connectivity index is 2.65. The van der Waals surface area contributed by atoms with Gasteiger partial charge < -0.3 is 10.6 Å². The molecule has 1 aromatic rings. The van der Waals surface area contributed by atoms with Crippen molar-refractivity contribution in [2.24, 2.45) is 0 Å². The summed E-state index contributed by atoms with van der Waals surface area (Å²) in [6.07, 6.45) is 1.03. The normalized spacial score (nSPS) is 10.2. The van der Waals surface area contributed by atoms with Crippen LogP contribution in [-0.4, -0.2) is 30.5 Å². The van der Waals surface area contributed by atoms with E-state index in [0.717, 1.165) is 18.5 Å². The predicted octanol–water partition coefficient (Wildman–Crippen LogP) is 1.63. The molecule has 1 aromatic carbocycles. The molecule has 0 heterocycles. The van der Waals surface area contributed by atoms with Crippen LogP contribution in [-0.2, 0) is 0 Å². The Morgan fingerprint density at radius 3 is 2.68 bits per heavy atom. The maximum absolute atomic E-state index is 11.9. The molecule has 104 valence electrons. The third-order valence-electron chi connectivity index (χ3n) is 2.61. The summed E-state index contributed by atoms with van der Waals surface area (Å²) in [5.41, 5.74) is 0.768. The van der Waals surface area contributed by atoms with Crippen LogP contribution in [0.15, 0.2) is 18.2 Å². The molecule has 0 aliphatic heterocycles. The van der Waals surface area contributed by atoms with Gasteiger partial charge in [0.2, 0.25) is 0 Å². The van der Waals surface area contributed by atoms with Crippen LogP contribution in [0.1, 0.15) is 29.3 Å². The number of nitro benzene ring substituents is 1. The van der Waals surface area contributed by atoms with Gasteiger partial charge in [-0.15, -0.1) is 0 Å². The lowest BCUT2D eigenvalue weighted by atomic mass is 10.1. The summed E-state index contributed by atoms with van der Waals surface area (Å²) < 4.78 is 0. The Kier molecular flexibility index (Phi) is 5.95. The first-order chi connectivity index (χ1) is 9.06. The Hall–Kier alpha value is -1.95. The van der Waals surface area contributed by atoms with Crippen LogP contribution >= 0.6 is 0 Å². The van der Waals surface area contributed by atoms with Crippen LogP contribution in [0.4, 0.5) is 5.69 Å². The number of nitro groups is 1. The molecule has 0 radical (unpaired) electrons. The van der Waals surface area contributed by atoms with Gasteiger partial charge >= 0.3 is 0 Å². The van der Waals surface area contributed by atoms with Crippen molar-refractivity contribution in [1.29, 1.82) is 0 Å². The van der Waals surface area contributed by atoms with Crippen LogP contribution in [0.3, 0.4) is 0 Å². The monoisotopic (exact) mass is 265 g/mol. The molecular formula is C13H19N3O3. The highest BCUT2D eigenvalue weighted by molar-refractivity contribution is 5.98. The van der Waals surface area contributed by atoms with Gasteiger partial charge in [-0.05, 0) is 31.5 Å². The molecule has 0 aliphatic carbocycles. The fraction of sp³-hybridized carbons (Fsp3) is 0.462. The maximum atomic E-state index is 11.9. The second-order valence-electron chi connectivity index (χ2n) is 4.28. The summed E-state index contributed by atoms with van der Waals surface area (Å²) in [7, 11) is 0. The predicted molar refractivity (Wildman–Crippen MR) is 73.3 cm³/mol. The number of rotatable bonds is 7. The molecule has 0 fully saturated rings. The molecule has 0 spiro atoms. The molecule has 0 saturated carbocycles. The average molecular weight is 265 g/mol. The summed E-state index contributed by atoms with van der Waals surface area (Å²) in [5.74, 6) is -0.409. The topological polar surface area (TPSA) is 84.3 Å². The molecule has 0 aromatic heterocycles. The number of amides is 1. The van der Waals surface area contributed by atoms with Gasteiger partial charge in [-0.1, -0.05) is 13.0 Å². The molecule has 1 rings (SSSR count). The number of benzene rings is 1. The number of carbonyl (C=O) groups is 1. The van der Waals surface area contributed by atoms with E-state index < -0.39 is 10.8 Å². The molecule has 6 heteroatoms. The van der Waals surface area contributed by atoms with Crippen molar-refractivity contribution in [3.63, 3.8) is 0 Å². The molecule has 0 bridgehead atoms. The van der Waals surface area contributed by atoms with Gasteiger partial charge in [0.05, 0.1) is 4.92 Å². The van der Waals surface area contributed by atoms with E-state index in [1.807, 2.05) is 0 Å². The van der Waals surface area contributed by atoms with Crippen molar-refractivity contribution in [3.8, 4) is 0 Å². The van der Waals surface area contributed by atoms with Crippen LogP contribution in [0.25, 0.3) is 0 Å². The number of nitrogens with zero attached hydrogens (tertiary/aromatic N) is 1. The standard InChI is InChI=1S/C13H19N3O3/c1-3-6-14-7-8-15-13(17)11-9-10(2)4-5-12(11)16(18)19/h4-5,9,14H,3,6-8H2,1-2H3,(H,15,17). The van der Waals surface area contributed by atoms with Gasteiger partial charge in [-0.2, -0.15) is 0 Å². The zero-order valence-corrected chi connectivity index (χ0v) is 11.2. The number of nitrogens with one attached hydrogen (secondary N) is 2. The van der Waals surface area contributed by atoms with Crippen LogP contribution in [0.2, 0.25) is 0 Å². The Labute approximate surface area is 112 Å². The van der Waals surface area contributed by atoms with Gasteiger partial charge in [0.15, 0.2) is 0 Å². The van der Waals surface area contributed by atoms with E-state index in [4.69, 9.17) is 0 Å². The van der Waals surface area contributed by atoms with Crippen LogP contribution in [0.5, 0.6) is 0 Å². The lowest BCUT2D eigenvalue weighted by molar-refractivity contribution is -0.385. The average Bonchev–Trinajstić information content (AvgIpc) is 2.37. The second kappa shape index (κ2) is 7.48. The largest absolute Gasteiger partial charge is 0.351 e. The van der Waals surface area contributed by atoms with E-state index in [-0.39, 0.29) is 11.3 Å². The highest BCUT2D eigenvalue weighted by atomic mass is 16.6. The molecule has 0 saturated heterocycles. The Morgan fingerprint density at radius 1 is 1.32 bits per heavy atom. The summed E-state index contributed by atoms with van der Waals surface area (Å²) in [5, 5.41) is 16.7. The van der Waals surface area contributed by atoms with E-state index in [1.165, 1.54) is 12.1 Å². The van der Waals surface area contributed by atoms with Gasteiger partial charge in [-0.3, -0.25) is 14.9 Å². The minimum atomic E-state index is -0.538. The molecule has 19 heavy (non-hydrogen) atoms. The molecule has 6 nitrogen and oxygen atoms in total. The molecule has 0 atom stereocenters. The smallest absolute Gasteiger partial charge is 0.282 e. The van der Waals surface area contributed by atoms with Crippen molar-refractivity contribution in [1.82, 2.24) is 10.6 Å². The van der Waals surface area contributed by atoms with Gasteiger partial charge in [0.1, 0.15) is 5.56 Å². The fourth-order valence-electron chi connectivity index (χ4n) is 1.65. The quantitative estimate of drug-likeness (QED) is 0.446. The second-order valence-corrected chi connectivity index (χ2v) is 4.28. The number of hydrogen-bond donors (Lipinski definition) is 2. The Bertz CT molecular complexity index is 460. The molecule has 0 aliphatic rings. The third kappa shape index (κ3) is 4.67. The molecule has 2 N–H and O–H groups in total.